The number of hydrogen-bond donors (Lipinski definition) is 0. The smallest absolute Gasteiger partial charge is 0.232 e. The third-order valence-corrected chi connectivity index (χ3v) is 5.34. The number of rotatable bonds is 4. The van der Waals surface area contributed by atoms with Crippen LogP contribution in [0.1, 0.15) is 41.8 Å². The van der Waals surface area contributed by atoms with Crippen molar-refractivity contribution in [3.8, 4) is 11.4 Å². The van der Waals surface area contributed by atoms with E-state index in [2.05, 4.69) is 49.1 Å². The molecule has 1 unspecified atom stereocenters. The van der Waals surface area contributed by atoms with E-state index in [4.69, 9.17) is 4.52 Å². The molecule has 1 aromatic heterocycles. The van der Waals surface area contributed by atoms with Crippen molar-refractivity contribution in [3.63, 3.8) is 0 Å². The molecular weight excluding hydrogens is 338 g/mol. The van der Waals surface area contributed by atoms with E-state index in [1.165, 1.54) is 16.7 Å². The van der Waals surface area contributed by atoms with Crippen LogP contribution >= 0.6 is 0 Å². The average molecular weight is 361 g/mol. The summed E-state index contributed by atoms with van der Waals surface area (Å²) in [5.74, 6) is 1.14. The van der Waals surface area contributed by atoms with Crippen molar-refractivity contribution >= 4 is 11.6 Å². The van der Waals surface area contributed by atoms with E-state index in [0.29, 0.717) is 24.7 Å². The largest absolute Gasteiger partial charge is 0.339 e. The standard InChI is InChI=1S/C22H23N3O2/c1-4-16-7-5-6-8-19(16)25-13-18(12-20(25)26)22-23-21(24-27-22)17-10-9-14(2)15(3)11-17/h5-11,18H,4,12-13H2,1-3H3. The summed E-state index contributed by atoms with van der Waals surface area (Å²) >= 11 is 0. The molecule has 2 heterocycles. The number of carbonyl (C=O) groups is 1. The maximum Gasteiger partial charge on any atom is 0.232 e. The Kier molecular flexibility index (Phi) is 4.52. The molecule has 1 atom stereocenters. The third-order valence-electron chi connectivity index (χ3n) is 5.34. The lowest BCUT2D eigenvalue weighted by Crippen LogP contribution is -2.25. The highest BCUT2D eigenvalue weighted by molar-refractivity contribution is 5.97. The van der Waals surface area contributed by atoms with Crippen LogP contribution in [0.15, 0.2) is 47.0 Å². The predicted molar refractivity (Wildman–Crippen MR) is 105 cm³/mol. The normalized spacial score (nSPS) is 16.9. The lowest BCUT2D eigenvalue weighted by atomic mass is 10.1. The quantitative estimate of drug-likeness (QED) is 0.689. The number of para-hydroxylation sites is 1. The molecule has 1 aliphatic rings. The van der Waals surface area contributed by atoms with Gasteiger partial charge in [0.15, 0.2) is 0 Å². The topological polar surface area (TPSA) is 59.2 Å². The maximum absolute atomic E-state index is 12.6. The van der Waals surface area contributed by atoms with Gasteiger partial charge in [0.2, 0.25) is 17.6 Å². The zero-order valence-electron chi connectivity index (χ0n) is 15.9. The molecule has 27 heavy (non-hydrogen) atoms. The Bertz CT molecular complexity index is 993. The highest BCUT2D eigenvalue weighted by Crippen LogP contribution is 2.33. The molecule has 0 radical (unpaired) electrons. The first-order valence-corrected chi connectivity index (χ1v) is 9.36. The Morgan fingerprint density at radius 1 is 1.15 bits per heavy atom. The fraction of sp³-hybridized carbons (Fsp3) is 0.318. The van der Waals surface area contributed by atoms with E-state index in [-0.39, 0.29) is 11.8 Å². The number of aryl methyl sites for hydroxylation is 3. The van der Waals surface area contributed by atoms with Gasteiger partial charge in [0.25, 0.3) is 0 Å². The molecule has 1 fully saturated rings. The molecule has 1 saturated heterocycles. The minimum atomic E-state index is -0.0739. The summed E-state index contributed by atoms with van der Waals surface area (Å²) in [6.45, 7) is 6.82. The average Bonchev–Trinajstić information content (AvgIpc) is 3.31. The minimum absolute atomic E-state index is 0.0739. The van der Waals surface area contributed by atoms with Gasteiger partial charge in [0.1, 0.15) is 0 Å². The van der Waals surface area contributed by atoms with Gasteiger partial charge in [-0.1, -0.05) is 42.4 Å². The van der Waals surface area contributed by atoms with Gasteiger partial charge in [-0.05, 0) is 49.1 Å². The summed E-state index contributed by atoms with van der Waals surface area (Å²) < 4.78 is 5.52. The summed E-state index contributed by atoms with van der Waals surface area (Å²) in [6.07, 6.45) is 1.29. The first-order valence-electron chi connectivity index (χ1n) is 9.36. The molecule has 138 valence electrons. The third kappa shape index (κ3) is 3.25. The number of amides is 1. The van der Waals surface area contributed by atoms with Crippen LogP contribution in [0.3, 0.4) is 0 Å². The van der Waals surface area contributed by atoms with Gasteiger partial charge in [-0.2, -0.15) is 4.98 Å². The highest BCUT2D eigenvalue weighted by Gasteiger charge is 2.35. The molecule has 0 N–H and O–H groups in total. The number of benzene rings is 2. The Balaban J connectivity index is 1.58. The van der Waals surface area contributed by atoms with Gasteiger partial charge >= 0.3 is 0 Å². The second-order valence-electron chi connectivity index (χ2n) is 7.14. The van der Waals surface area contributed by atoms with Crippen LogP contribution < -0.4 is 4.90 Å². The van der Waals surface area contributed by atoms with Crippen molar-refractivity contribution in [3.05, 3.63) is 65.0 Å². The lowest BCUT2D eigenvalue weighted by Gasteiger charge is -2.19. The second-order valence-corrected chi connectivity index (χ2v) is 7.14. The molecule has 2 aromatic carbocycles. The molecule has 0 saturated carbocycles. The summed E-state index contributed by atoms with van der Waals surface area (Å²) in [4.78, 5) is 19.1. The van der Waals surface area contributed by atoms with Gasteiger partial charge in [0.05, 0.1) is 5.92 Å². The highest BCUT2D eigenvalue weighted by atomic mass is 16.5. The zero-order chi connectivity index (χ0) is 19.0. The molecule has 3 aromatic rings. The predicted octanol–water partition coefficient (Wildman–Crippen LogP) is 4.44. The van der Waals surface area contributed by atoms with Crippen molar-refractivity contribution < 1.29 is 9.32 Å². The van der Waals surface area contributed by atoms with Gasteiger partial charge < -0.3 is 9.42 Å². The number of hydrogen-bond acceptors (Lipinski definition) is 4. The van der Waals surface area contributed by atoms with Gasteiger partial charge in [-0.3, -0.25) is 4.79 Å². The molecule has 1 amide bonds. The second kappa shape index (κ2) is 6.99. The van der Waals surface area contributed by atoms with Crippen molar-refractivity contribution in [2.24, 2.45) is 0 Å². The Labute approximate surface area is 159 Å². The van der Waals surface area contributed by atoms with Crippen molar-refractivity contribution in [1.29, 1.82) is 0 Å². The summed E-state index contributed by atoms with van der Waals surface area (Å²) in [5.41, 5.74) is 5.52. The molecule has 0 bridgehead atoms. The van der Waals surface area contributed by atoms with Crippen LogP contribution in [0.25, 0.3) is 11.4 Å². The van der Waals surface area contributed by atoms with E-state index >= 15 is 0 Å². The van der Waals surface area contributed by atoms with Crippen molar-refractivity contribution in [2.75, 3.05) is 11.4 Å². The number of nitrogens with zero attached hydrogens (tertiary/aromatic N) is 3. The van der Waals surface area contributed by atoms with Crippen LogP contribution in [-0.4, -0.2) is 22.6 Å². The van der Waals surface area contributed by atoms with E-state index in [9.17, 15) is 4.79 Å². The van der Waals surface area contributed by atoms with Crippen molar-refractivity contribution in [2.45, 2.75) is 39.5 Å². The first kappa shape index (κ1) is 17.5. The van der Waals surface area contributed by atoms with Crippen LogP contribution in [0, 0.1) is 13.8 Å². The fourth-order valence-electron chi connectivity index (χ4n) is 3.58. The van der Waals surface area contributed by atoms with E-state index in [1.807, 2.05) is 29.2 Å². The lowest BCUT2D eigenvalue weighted by molar-refractivity contribution is -0.117. The molecular formula is C22H23N3O2. The SMILES string of the molecule is CCc1ccccc1N1CC(c2nc(-c3ccc(C)c(C)c3)no2)CC1=O. The molecule has 5 nitrogen and oxygen atoms in total. The van der Waals surface area contributed by atoms with Gasteiger partial charge in [-0.15, -0.1) is 0 Å². The molecule has 0 aliphatic carbocycles. The number of carbonyl (C=O) groups excluding carboxylic acids is 1. The molecule has 0 spiro atoms. The summed E-state index contributed by atoms with van der Waals surface area (Å²) in [7, 11) is 0. The Hall–Kier alpha value is -2.95. The van der Waals surface area contributed by atoms with Crippen molar-refractivity contribution in [1.82, 2.24) is 10.1 Å². The number of anilines is 1. The van der Waals surface area contributed by atoms with Crippen LogP contribution in [0.4, 0.5) is 5.69 Å². The Morgan fingerprint density at radius 3 is 2.74 bits per heavy atom. The van der Waals surface area contributed by atoms with E-state index in [0.717, 1.165) is 17.7 Å². The van der Waals surface area contributed by atoms with Gasteiger partial charge in [0, 0.05) is 24.2 Å². The van der Waals surface area contributed by atoms with E-state index < -0.39 is 0 Å². The molecule has 5 heteroatoms. The first-order chi connectivity index (χ1) is 13.1. The van der Waals surface area contributed by atoms with Crippen LogP contribution in [-0.2, 0) is 11.2 Å². The van der Waals surface area contributed by atoms with Crippen LogP contribution in [0.2, 0.25) is 0 Å². The summed E-state index contributed by atoms with van der Waals surface area (Å²) in [5, 5.41) is 4.14. The minimum Gasteiger partial charge on any atom is -0.339 e. The fourth-order valence-corrected chi connectivity index (χ4v) is 3.58. The van der Waals surface area contributed by atoms with E-state index in [1.54, 1.807) is 0 Å². The zero-order valence-corrected chi connectivity index (χ0v) is 15.9. The molecule has 4 rings (SSSR count). The van der Waals surface area contributed by atoms with Crippen LogP contribution in [0.5, 0.6) is 0 Å². The number of aromatic nitrogens is 2. The maximum atomic E-state index is 12.6. The molecule has 1 aliphatic heterocycles. The Morgan fingerprint density at radius 2 is 1.96 bits per heavy atom. The monoisotopic (exact) mass is 361 g/mol. The van der Waals surface area contributed by atoms with Gasteiger partial charge in [-0.25, -0.2) is 0 Å². The summed E-state index contributed by atoms with van der Waals surface area (Å²) in [6, 6.07) is 14.2.